The average molecular weight is 493 g/mol. The normalized spacial score (nSPS) is 20.5. The van der Waals surface area contributed by atoms with E-state index in [9.17, 15) is 0 Å². The molecule has 1 aliphatic carbocycles. The van der Waals surface area contributed by atoms with E-state index < -0.39 is 5.82 Å². The highest BCUT2D eigenvalue weighted by molar-refractivity contribution is 6.30. The van der Waals surface area contributed by atoms with E-state index in [4.69, 9.17) is 31.3 Å². The first-order chi connectivity index (χ1) is 16.9. The van der Waals surface area contributed by atoms with Crippen LogP contribution in [0.5, 0.6) is 0 Å². The quantitative estimate of drug-likeness (QED) is 0.369. The number of aromatic nitrogens is 5. The van der Waals surface area contributed by atoms with Gasteiger partial charge in [-0.2, -0.15) is 5.10 Å². The molecule has 35 heavy (non-hydrogen) atoms. The van der Waals surface area contributed by atoms with Gasteiger partial charge in [0.25, 0.3) is 0 Å². The van der Waals surface area contributed by atoms with E-state index in [1.807, 2.05) is 30.8 Å². The number of pyridine rings is 1. The minimum atomic E-state index is -0.406. The lowest BCUT2D eigenvalue weighted by molar-refractivity contribution is -0.0176. The van der Waals surface area contributed by atoms with Crippen LogP contribution in [0.2, 0.25) is 5.02 Å². The van der Waals surface area contributed by atoms with E-state index in [-0.39, 0.29) is 12.2 Å². The molecule has 2 atom stereocenters. The van der Waals surface area contributed by atoms with Crippen LogP contribution in [0.3, 0.4) is 0 Å². The molecule has 2 aliphatic rings. The minimum Gasteiger partial charge on any atom is -0.367 e. The van der Waals surface area contributed by atoms with Crippen LogP contribution in [-0.2, 0) is 4.74 Å². The second kappa shape index (κ2) is 8.53. The lowest BCUT2D eigenvalue weighted by Gasteiger charge is -2.37. The maximum atomic E-state index is 15.0. The highest BCUT2D eigenvalue weighted by Crippen LogP contribution is 2.37. The summed E-state index contributed by atoms with van der Waals surface area (Å²) in [6.45, 7) is 7.13. The summed E-state index contributed by atoms with van der Waals surface area (Å²) in [5, 5.41) is 4.88. The molecule has 4 heterocycles. The van der Waals surface area contributed by atoms with E-state index in [0.717, 1.165) is 17.0 Å². The zero-order valence-corrected chi connectivity index (χ0v) is 20.6. The SMILES string of the molecule is Cc1nc2nc(N3C[C@@H](C)O[C@H](c4cnn(C5CC5)c4)C3)cc(-c3ccc(Cl)cc3F)c2nc1C. The van der Waals surface area contributed by atoms with Gasteiger partial charge in [0.2, 0.25) is 0 Å². The Hall–Kier alpha value is -3.10. The number of halogens is 2. The monoisotopic (exact) mass is 492 g/mol. The molecular weight excluding hydrogens is 467 g/mol. The van der Waals surface area contributed by atoms with Gasteiger partial charge in [0, 0.05) is 34.5 Å². The van der Waals surface area contributed by atoms with Crippen LogP contribution in [0.25, 0.3) is 22.3 Å². The van der Waals surface area contributed by atoms with Crippen molar-refractivity contribution in [3.8, 4) is 11.1 Å². The summed E-state index contributed by atoms with van der Waals surface area (Å²) in [6.07, 6.45) is 6.21. The van der Waals surface area contributed by atoms with Crippen molar-refractivity contribution in [3.63, 3.8) is 0 Å². The van der Waals surface area contributed by atoms with E-state index >= 15 is 4.39 Å². The maximum Gasteiger partial charge on any atom is 0.181 e. The van der Waals surface area contributed by atoms with Crippen molar-refractivity contribution in [2.75, 3.05) is 18.0 Å². The van der Waals surface area contributed by atoms with Gasteiger partial charge in [-0.15, -0.1) is 0 Å². The molecule has 7 nitrogen and oxygen atoms in total. The zero-order chi connectivity index (χ0) is 24.3. The third kappa shape index (κ3) is 4.25. The van der Waals surface area contributed by atoms with Crippen LogP contribution in [0, 0.1) is 19.7 Å². The Bertz CT molecular complexity index is 1440. The van der Waals surface area contributed by atoms with Gasteiger partial charge in [-0.25, -0.2) is 19.3 Å². The first kappa shape index (κ1) is 22.4. The predicted molar refractivity (Wildman–Crippen MR) is 133 cm³/mol. The predicted octanol–water partition coefficient (Wildman–Crippen LogP) is 5.60. The molecule has 3 aromatic heterocycles. The molecule has 9 heteroatoms. The summed E-state index contributed by atoms with van der Waals surface area (Å²) in [6, 6.07) is 7.11. The molecule has 0 amide bonds. The van der Waals surface area contributed by atoms with E-state index in [2.05, 4.69) is 23.1 Å². The Morgan fingerprint density at radius 3 is 2.60 bits per heavy atom. The van der Waals surface area contributed by atoms with Crippen LogP contribution >= 0.6 is 11.6 Å². The first-order valence-electron chi connectivity index (χ1n) is 11.9. The zero-order valence-electron chi connectivity index (χ0n) is 19.9. The van der Waals surface area contributed by atoms with Crippen LogP contribution in [0.15, 0.2) is 36.7 Å². The smallest absolute Gasteiger partial charge is 0.181 e. The highest BCUT2D eigenvalue weighted by Gasteiger charge is 2.31. The van der Waals surface area contributed by atoms with E-state index in [1.165, 1.54) is 18.9 Å². The van der Waals surface area contributed by atoms with Crippen molar-refractivity contribution < 1.29 is 9.13 Å². The molecule has 0 bridgehead atoms. The molecule has 1 aliphatic heterocycles. The molecule has 1 aromatic carbocycles. The number of aryl methyl sites for hydroxylation is 2. The number of ether oxygens (including phenoxy) is 1. The van der Waals surface area contributed by atoms with Crippen LogP contribution in [0.1, 0.15) is 48.9 Å². The van der Waals surface area contributed by atoms with Gasteiger partial charge in [-0.05, 0) is 57.9 Å². The van der Waals surface area contributed by atoms with Crippen LogP contribution < -0.4 is 4.90 Å². The minimum absolute atomic E-state index is 0.0166. The number of anilines is 1. The fraction of sp³-hybridized carbons (Fsp3) is 0.385. The second-order valence-corrected chi connectivity index (χ2v) is 9.98. The molecule has 0 N–H and O–H groups in total. The Labute approximate surface area is 207 Å². The third-order valence-corrected chi connectivity index (χ3v) is 6.99. The summed E-state index contributed by atoms with van der Waals surface area (Å²) < 4.78 is 23.4. The molecule has 2 fully saturated rings. The molecule has 0 spiro atoms. The Balaban J connectivity index is 1.43. The van der Waals surface area contributed by atoms with Crippen LogP contribution in [0.4, 0.5) is 10.2 Å². The molecule has 6 rings (SSSR count). The van der Waals surface area contributed by atoms with Gasteiger partial charge >= 0.3 is 0 Å². The number of rotatable bonds is 4. The van der Waals surface area contributed by atoms with Crippen LogP contribution in [-0.4, -0.2) is 43.9 Å². The summed E-state index contributed by atoms with van der Waals surface area (Å²) in [5.74, 6) is 0.311. The van der Waals surface area contributed by atoms with Crippen molar-refractivity contribution >= 4 is 28.6 Å². The van der Waals surface area contributed by atoms with Crippen molar-refractivity contribution in [2.24, 2.45) is 0 Å². The van der Waals surface area contributed by atoms with E-state index in [1.54, 1.807) is 12.1 Å². The summed E-state index contributed by atoms with van der Waals surface area (Å²) in [5.41, 5.74) is 4.77. The van der Waals surface area contributed by atoms with Gasteiger partial charge in [0.05, 0.1) is 36.3 Å². The fourth-order valence-electron chi connectivity index (χ4n) is 4.64. The van der Waals surface area contributed by atoms with E-state index in [0.29, 0.717) is 52.3 Å². The van der Waals surface area contributed by atoms with Crippen molar-refractivity contribution in [2.45, 2.75) is 51.9 Å². The Morgan fingerprint density at radius 1 is 1.03 bits per heavy atom. The number of morpholine rings is 1. The standard InChI is InChI=1S/C26H26ClFN6O/c1-14-11-33(13-23(35-14)17-10-29-34(12-17)19-5-6-19)24-9-21(20-7-4-18(27)8-22(20)28)25-26(32-24)31-16(3)15(2)30-25/h4,7-10,12,14,19,23H,5-6,11,13H2,1-3H3/t14-,23+/m1/s1. The van der Waals surface area contributed by atoms with Gasteiger partial charge < -0.3 is 9.64 Å². The molecular formula is C26H26ClFN6O. The molecule has 1 saturated carbocycles. The lowest BCUT2D eigenvalue weighted by Crippen LogP contribution is -2.43. The first-order valence-corrected chi connectivity index (χ1v) is 12.3. The second-order valence-electron chi connectivity index (χ2n) is 9.54. The number of hydrogen-bond donors (Lipinski definition) is 0. The average Bonchev–Trinajstić information content (AvgIpc) is 3.55. The Morgan fingerprint density at radius 2 is 1.83 bits per heavy atom. The van der Waals surface area contributed by atoms with Gasteiger partial charge in [-0.1, -0.05) is 11.6 Å². The molecule has 1 saturated heterocycles. The molecule has 0 radical (unpaired) electrons. The summed E-state index contributed by atoms with van der Waals surface area (Å²) in [4.78, 5) is 16.5. The van der Waals surface area contributed by atoms with Gasteiger partial charge in [0.1, 0.15) is 23.3 Å². The topological polar surface area (TPSA) is 69.0 Å². The number of benzene rings is 1. The largest absolute Gasteiger partial charge is 0.367 e. The van der Waals surface area contributed by atoms with Crippen molar-refractivity contribution in [1.29, 1.82) is 0 Å². The van der Waals surface area contributed by atoms with Crippen molar-refractivity contribution in [1.82, 2.24) is 24.7 Å². The molecule has 0 unspecified atom stereocenters. The lowest BCUT2D eigenvalue weighted by atomic mass is 10.0. The van der Waals surface area contributed by atoms with Crippen molar-refractivity contribution in [3.05, 3.63) is 64.5 Å². The summed E-state index contributed by atoms with van der Waals surface area (Å²) >= 11 is 6.03. The Kier molecular flexibility index (Phi) is 5.45. The number of hydrogen-bond acceptors (Lipinski definition) is 6. The number of fused-ring (bicyclic) bond motifs is 1. The third-order valence-electron chi connectivity index (χ3n) is 6.76. The van der Waals surface area contributed by atoms with Gasteiger partial charge in [-0.3, -0.25) is 4.68 Å². The summed E-state index contributed by atoms with van der Waals surface area (Å²) in [7, 11) is 0. The molecule has 4 aromatic rings. The maximum absolute atomic E-state index is 15.0. The fourth-order valence-corrected chi connectivity index (χ4v) is 4.80. The highest BCUT2D eigenvalue weighted by atomic mass is 35.5. The van der Waals surface area contributed by atoms with Gasteiger partial charge in [0.15, 0.2) is 5.65 Å². The molecule has 180 valence electrons. The number of nitrogens with zero attached hydrogens (tertiary/aromatic N) is 6.